The van der Waals surface area contributed by atoms with E-state index in [2.05, 4.69) is 0 Å². The van der Waals surface area contributed by atoms with Gasteiger partial charge in [-0.3, -0.25) is 4.79 Å². The summed E-state index contributed by atoms with van der Waals surface area (Å²) in [6, 6.07) is 0. The number of aliphatic carboxylic acids is 1. The van der Waals surface area contributed by atoms with Crippen molar-refractivity contribution in [1.29, 1.82) is 0 Å². The minimum atomic E-state index is -0.683. The van der Waals surface area contributed by atoms with Crippen molar-refractivity contribution in [2.75, 3.05) is 6.61 Å². The molecule has 0 aromatic carbocycles. The molecule has 0 aromatic heterocycles. The molecule has 14 heavy (non-hydrogen) atoms. The smallest absolute Gasteiger partial charge is 0.303 e. The fraction of sp³-hybridized carbons (Fsp3) is 0.909. The minimum absolute atomic E-state index is 0.00836. The summed E-state index contributed by atoms with van der Waals surface area (Å²) in [7, 11) is 0. The Bertz CT molecular complexity index is 215. The first kappa shape index (κ1) is 9.97. The van der Waals surface area contributed by atoms with Crippen molar-refractivity contribution in [3.8, 4) is 0 Å². The van der Waals surface area contributed by atoms with Crippen molar-refractivity contribution >= 4 is 5.97 Å². The zero-order chi connectivity index (χ0) is 10.0. The van der Waals surface area contributed by atoms with Crippen LogP contribution in [-0.2, 0) is 9.53 Å². The predicted octanol–water partition coefficient (Wildman–Crippen LogP) is 2.20. The third-order valence-electron chi connectivity index (χ3n) is 3.41. The van der Waals surface area contributed by atoms with Crippen LogP contribution in [0.15, 0.2) is 0 Å². The van der Waals surface area contributed by atoms with E-state index in [1.807, 2.05) is 0 Å². The Kier molecular flexibility index (Phi) is 2.77. The van der Waals surface area contributed by atoms with E-state index in [4.69, 9.17) is 9.84 Å². The van der Waals surface area contributed by atoms with Crippen molar-refractivity contribution < 1.29 is 14.6 Å². The van der Waals surface area contributed by atoms with E-state index in [0.717, 1.165) is 12.8 Å². The molecule has 3 nitrogen and oxygen atoms in total. The molecule has 0 spiro atoms. The predicted molar refractivity (Wildman–Crippen MR) is 52.1 cm³/mol. The topological polar surface area (TPSA) is 46.5 Å². The summed E-state index contributed by atoms with van der Waals surface area (Å²) in [5, 5.41) is 8.73. The quantitative estimate of drug-likeness (QED) is 0.736. The summed E-state index contributed by atoms with van der Waals surface area (Å²) < 4.78 is 5.77. The number of ether oxygens (including phenoxy) is 1. The van der Waals surface area contributed by atoms with E-state index in [0.29, 0.717) is 19.1 Å². The zero-order valence-electron chi connectivity index (χ0n) is 8.50. The second-order valence-corrected chi connectivity index (χ2v) is 4.79. The van der Waals surface area contributed by atoms with Gasteiger partial charge in [0, 0.05) is 5.41 Å². The van der Waals surface area contributed by atoms with Crippen LogP contribution in [0.5, 0.6) is 0 Å². The van der Waals surface area contributed by atoms with Gasteiger partial charge in [0.1, 0.15) is 0 Å². The molecule has 2 aliphatic rings. The van der Waals surface area contributed by atoms with Crippen molar-refractivity contribution in [2.24, 2.45) is 5.41 Å². The van der Waals surface area contributed by atoms with Crippen LogP contribution in [0.2, 0.25) is 0 Å². The summed E-state index contributed by atoms with van der Waals surface area (Å²) in [5.41, 5.74) is 0.00836. The largest absolute Gasteiger partial charge is 0.481 e. The van der Waals surface area contributed by atoms with E-state index >= 15 is 0 Å². The molecule has 2 fully saturated rings. The fourth-order valence-corrected chi connectivity index (χ4v) is 2.22. The molecule has 0 heterocycles. The van der Waals surface area contributed by atoms with Crippen molar-refractivity contribution in [2.45, 2.75) is 51.0 Å². The summed E-state index contributed by atoms with van der Waals surface area (Å²) in [4.78, 5) is 10.6. The molecule has 2 rings (SSSR count). The maximum atomic E-state index is 10.6. The third kappa shape index (κ3) is 2.47. The second kappa shape index (κ2) is 3.89. The van der Waals surface area contributed by atoms with Crippen LogP contribution in [0.25, 0.3) is 0 Å². The highest BCUT2D eigenvalue weighted by Gasteiger charge is 2.45. The van der Waals surface area contributed by atoms with Crippen LogP contribution < -0.4 is 0 Å². The highest BCUT2D eigenvalue weighted by atomic mass is 16.5. The maximum absolute atomic E-state index is 10.6. The van der Waals surface area contributed by atoms with E-state index in [1.165, 1.54) is 25.7 Å². The highest BCUT2D eigenvalue weighted by Crippen LogP contribution is 2.49. The number of hydrogen-bond donors (Lipinski definition) is 1. The molecular formula is C11H18O3. The first-order valence-corrected chi connectivity index (χ1v) is 5.54. The van der Waals surface area contributed by atoms with Crippen LogP contribution in [0.4, 0.5) is 0 Å². The Morgan fingerprint density at radius 2 is 2.00 bits per heavy atom. The van der Waals surface area contributed by atoms with E-state index in [9.17, 15) is 4.79 Å². The maximum Gasteiger partial charge on any atom is 0.303 e. The van der Waals surface area contributed by atoms with E-state index in [-0.39, 0.29) is 5.41 Å². The molecule has 0 amide bonds. The number of carboxylic acids is 1. The fourth-order valence-electron chi connectivity index (χ4n) is 2.22. The molecule has 0 radical (unpaired) electrons. The van der Waals surface area contributed by atoms with Gasteiger partial charge in [-0.2, -0.15) is 0 Å². The molecule has 0 aliphatic heterocycles. The monoisotopic (exact) mass is 198 g/mol. The zero-order valence-corrected chi connectivity index (χ0v) is 8.50. The van der Waals surface area contributed by atoms with Gasteiger partial charge in [-0.25, -0.2) is 0 Å². The molecule has 0 aromatic rings. The molecule has 80 valence electrons. The first-order valence-electron chi connectivity index (χ1n) is 5.54. The third-order valence-corrected chi connectivity index (χ3v) is 3.41. The molecule has 0 saturated heterocycles. The summed E-state index contributed by atoms with van der Waals surface area (Å²) in [5.74, 6) is -0.683. The van der Waals surface area contributed by atoms with Gasteiger partial charge in [0.2, 0.25) is 0 Å². The molecule has 3 heteroatoms. The number of carbonyl (C=O) groups is 1. The lowest BCUT2D eigenvalue weighted by molar-refractivity contribution is -0.139. The van der Waals surface area contributed by atoms with Crippen molar-refractivity contribution in [3.05, 3.63) is 0 Å². The van der Waals surface area contributed by atoms with Gasteiger partial charge < -0.3 is 9.84 Å². The SMILES string of the molecule is O=C(O)CC1(COC2CCCC2)CC1. The van der Waals surface area contributed by atoms with Crippen LogP contribution in [-0.4, -0.2) is 23.8 Å². The Morgan fingerprint density at radius 1 is 1.36 bits per heavy atom. The Labute approximate surface area is 84.4 Å². The summed E-state index contributed by atoms with van der Waals surface area (Å²) >= 11 is 0. The van der Waals surface area contributed by atoms with Crippen LogP contribution in [0.3, 0.4) is 0 Å². The Hall–Kier alpha value is -0.570. The van der Waals surface area contributed by atoms with Gasteiger partial charge in [0.25, 0.3) is 0 Å². The number of rotatable bonds is 5. The van der Waals surface area contributed by atoms with Gasteiger partial charge in [-0.1, -0.05) is 12.8 Å². The van der Waals surface area contributed by atoms with Gasteiger partial charge in [0.05, 0.1) is 19.1 Å². The highest BCUT2D eigenvalue weighted by molar-refractivity contribution is 5.68. The van der Waals surface area contributed by atoms with Gasteiger partial charge in [0.15, 0.2) is 0 Å². The lowest BCUT2D eigenvalue weighted by atomic mass is 10.0. The Morgan fingerprint density at radius 3 is 2.50 bits per heavy atom. The van der Waals surface area contributed by atoms with Gasteiger partial charge in [-0.15, -0.1) is 0 Å². The normalized spacial score (nSPS) is 25.1. The standard InChI is InChI=1S/C11H18O3/c12-10(13)7-11(5-6-11)8-14-9-3-1-2-4-9/h9H,1-8H2,(H,12,13). The molecule has 1 N–H and O–H groups in total. The number of hydrogen-bond acceptors (Lipinski definition) is 2. The second-order valence-electron chi connectivity index (χ2n) is 4.79. The van der Waals surface area contributed by atoms with Crippen LogP contribution in [0.1, 0.15) is 44.9 Å². The van der Waals surface area contributed by atoms with Crippen molar-refractivity contribution in [1.82, 2.24) is 0 Å². The lowest BCUT2D eigenvalue weighted by Gasteiger charge is -2.16. The Balaban J connectivity index is 1.71. The van der Waals surface area contributed by atoms with E-state index < -0.39 is 5.97 Å². The first-order chi connectivity index (χ1) is 6.70. The van der Waals surface area contributed by atoms with E-state index in [1.54, 1.807) is 0 Å². The minimum Gasteiger partial charge on any atom is -0.481 e. The lowest BCUT2D eigenvalue weighted by Crippen LogP contribution is -2.19. The molecule has 0 atom stereocenters. The molecular weight excluding hydrogens is 180 g/mol. The number of carboxylic acid groups (broad SMARTS) is 1. The molecule has 2 aliphatic carbocycles. The average Bonchev–Trinajstić information content (AvgIpc) is 2.68. The van der Waals surface area contributed by atoms with Gasteiger partial charge >= 0.3 is 5.97 Å². The van der Waals surface area contributed by atoms with Crippen LogP contribution >= 0.6 is 0 Å². The molecule has 0 unspecified atom stereocenters. The van der Waals surface area contributed by atoms with Crippen LogP contribution in [0, 0.1) is 5.41 Å². The molecule has 2 saturated carbocycles. The average molecular weight is 198 g/mol. The molecule has 0 bridgehead atoms. The summed E-state index contributed by atoms with van der Waals surface area (Å²) in [6.07, 6.45) is 7.67. The van der Waals surface area contributed by atoms with Crippen molar-refractivity contribution in [3.63, 3.8) is 0 Å². The van der Waals surface area contributed by atoms with Gasteiger partial charge in [-0.05, 0) is 25.7 Å². The summed E-state index contributed by atoms with van der Waals surface area (Å²) in [6.45, 7) is 0.671.